The van der Waals surface area contributed by atoms with E-state index in [9.17, 15) is 0 Å². The highest BCUT2D eigenvalue weighted by Gasteiger charge is 2.28. The van der Waals surface area contributed by atoms with Crippen molar-refractivity contribution in [1.82, 2.24) is 9.88 Å². The number of nitrogens with two attached hydrogens (primary N) is 1. The minimum absolute atomic E-state index is 0.476. The molecule has 31 heavy (non-hydrogen) atoms. The van der Waals surface area contributed by atoms with Gasteiger partial charge in [0.25, 0.3) is 0 Å². The summed E-state index contributed by atoms with van der Waals surface area (Å²) in [6.07, 6.45) is 18.5. The Morgan fingerprint density at radius 1 is 0.774 bits per heavy atom. The molecule has 0 bridgehead atoms. The first-order chi connectivity index (χ1) is 15.3. The number of hydrogen-bond donors (Lipinski definition) is 1. The van der Waals surface area contributed by atoms with Crippen LogP contribution in [0.5, 0.6) is 0 Å². The number of rotatable bonds is 9. The van der Waals surface area contributed by atoms with E-state index in [2.05, 4.69) is 52.3 Å². The van der Waals surface area contributed by atoms with Crippen molar-refractivity contribution in [3.05, 3.63) is 66.0 Å². The summed E-state index contributed by atoms with van der Waals surface area (Å²) in [5.41, 5.74) is 8.97. The molecule has 1 aromatic heterocycles. The van der Waals surface area contributed by atoms with Gasteiger partial charge in [0.1, 0.15) is 0 Å². The summed E-state index contributed by atoms with van der Waals surface area (Å²) < 4.78 is 0. The van der Waals surface area contributed by atoms with Gasteiger partial charge in [0.05, 0.1) is 0 Å². The summed E-state index contributed by atoms with van der Waals surface area (Å²) in [4.78, 5) is 6.98. The smallest absolute Gasteiger partial charge is 0.0271 e. The molecule has 2 aliphatic rings. The topological polar surface area (TPSA) is 42.1 Å². The second-order valence-corrected chi connectivity index (χ2v) is 10.1. The monoisotopic (exact) mass is 419 g/mol. The zero-order valence-electron chi connectivity index (χ0n) is 19.2. The van der Waals surface area contributed by atoms with Crippen LogP contribution in [-0.4, -0.2) is 28.5 Å². The number of benzene rings is 1. The Morgan fingerprint density at radius 2 is 1.42 bits per heavy atom. The lowest BCUT2D eigenvalue weighted by molar-refractivity contribution is 0.116. The van der Waals surface area contributed by atoms with E-state index in [1.54, 1.807) is 0 Å². The van der Waals surface area contributed by atoms with Crippen LogP contribution in [0.3, 0.4) is 0 Å². The van der Waals surface area contributed by atoms with E-state index < -0.39 is 0 Å². The molecule has 0 spiro atoms. The van der Waals surface area contributed by atoms with Crippen LogP contribution < -0.4 is 5.73 Å². The fourth-order valence-corrected chi connectivity index (χ4v) is 5.89. The third-order valence-corrected chi connectivity index (χ3v) is 7.78. The molecule has 0 aliphatic heterocycles. The van der Waals surface area contributed by atoms with Crippen molar-refractivity contribution >= 4 is 0 Å². The van der Waals surface area contributed by atoms with Gasteiger partial charge in [-0.3, -0.25) is 9.88 Å². The quantitative estimate of drug-likeness (QED) is 0.543. The van der Waals surface area contributed by atoms with Gasteiger partial charge < -0.3 is 5.73 Å². The molecule has 2 fully saturated rings. The van der Waals surface area contributed by atoms with Gasteiger partial charge in [-0.2, -0.15) is 0 Å². The second-order valence-electron chi connectivity index (χ2n) is 10.1. The van der Waals surface area contributed by atoms with Crippen LogP contribution in [0.4, 0.5) is 0 Å². The Labute approximate surface area is 189 Å². The lowest BCUT2D eigenvalue weighted by Gasteiger charge is -2.38. The van der Waals surface area contributed by atoms with Gasteiger partial charge in [-0.05, 0) is 112 Å². The second kappa shape index (κ2) is 11.8. The summed E-state index contributed by atoms with van der Waals surface area (Å²) in [6.45, 7) is 2.25. The van der Waals surface area contributed by atoms with Crippen LogP contribution >= 0.6 is 0 Å². The number of aromatic nitrogens is 1. The van der Waals surface area contributed by atoms with E-state index in [4.69, 9.17) is 5.73 Å². The average Bonchev–Trinajstić information content (AvgIpc) is 2.82. The van der Waals surface area contributed by atoms with E-state index in [1.807, 2.05) is 12.4 Å². The van der Waals surface area contributed by atoms with Gasteiger partial charge in [-0.25, -0.2) is 0 Å². The molecule has 2 aliphatic carbocycles. The van der Waals surface area contributed by atoms with Gasteiger partial charge in [-0.1, -0.05) is 30.3 Å². The maximum absolute atomic E-state index is 6.11. The molecule has 2 N–H and O–H groups in total. The summed E-state index contributed by atoms with van der Waals surface area (Å²) >= 11 is 0. The maximum atomic E-state index is 6.11. The first kappa shape index (κ1) is 22.5. The molecule has 0 radical (unpaired) electrons. The summed E-state index contributed by atoms with van der Waals surface area (Å²) in [5, 5.41) is 0. The van der Waals surface area contributed by atoms with Crippen LogP contribution in [0.25, 0.3) is 0 Å². The standard InChI is InChI=1S/C28H41N3/c29-27-12-8-24(9-13-27)21-25-10-14-28(15-11-25)31(22-26-16-18-30-19-17-26)20-4-7-23-5-2-1-3-6-23/h1-3,5-6,16-19,24-25,27-28H,4,7-15,20-22,29H2. The number of nitrogens with zero attached hydrogens (tertiary/aromatic N) is 2. The number of hydrogen-bond acceptors (Lipinski definition) is 3. The number of aryl methyl sites for hydroxylation is 1. The predicted molar refractivity (Wildman–Crippen MR) is 130 cm³/mol. The average molecular weight is 420 g/mol. The van der Waals surface area contributed by atoms with Crippen molar-refractivity contribution in [3.63, 3.8) is 0 Å². The molecule has 0 amide bonds. The third-order valence-electron chi connectivity index (χ3n) is 7.78. The van der Waals surface area contributed by atoms with E-state index in [-0.39, 0.29) is 0 Å². The highest BCUT2D eigenvalue weighted by atomic mass is 15.2. The van der Waals surface area contributed by atoms with E-state index >= 15 is 0 Å². The van der Waals surface area contributed by atoms with Gasteiger partial charge in [0.15, 0.2) is 0 Å². The maximum Gasteiger partial charge on any atom is 0.0271 e. The zero-order valence-corrected chi connectivity index (χ0v) is 19.2. The first-order valence-electron chi connectivity index (χ1n) is 12.7. The lowest BCUT2D eigenvalue weighted by atomic mass is 9.75. The molecule has 168 valence electrons. The molecule has 1 heterocycles. The molecule has 3 nitrogen and oxygen atoms in total. The van der Waals surface area contributed by atoms with E-state index in [0.717, 1.165) is 24.4 Å². The Bertz CT molecular complexity index is 731. The third kappa shape index (κ3) is 7.15. The fraction of sp³-hybridized carbons (Fsp3) is 0.607. The highest BCUT2D eigenvalue weighted by molar-refractivity contribution is 5.14. The molecule has 4 rings (SSSR count). The Kier molecular flexibility index (Phi) is 8.54. The van der Waals surface area contributed by atoms with Gasteiger partial charge in [0, 0.05) is 31.0 Å². The van der Waals surface area contributed by atoms with E-state index in [1.165, 1.54) is 88.3 Å². The lowest BCUT2D eigenvalue weighted by Crippen LogP contribution is -2.39. The summed E-state index contributed by atoms with van der Waals surface area (Å²) in [6, 6.07) is 16.5. The van der Waals surface area contributed by atoms with Crippen LogP contribution in [-0.2, 0) is 13.0 Å². The van der Waals surface area contributed by atoms with Gasteiger partial charge >= 0.3 is 0 Å². The molecule has 1 aromatic carbocycles. The predicted octanol–water partition coefficient (Wildman–Crippen LogP) is 5.98. The molecule has 0 atom stereocenters. The van der Waals surface area contributed by atoms with Gasteiger partial charge in [0.2, 0.25) is 0 Å². The van der Waals surface area contributed by atoms with E-state index in [0.29, 0.717) is 6.04 Å². The Hall–Kier alpha value is -1.71. The minimum atomic E-state index is 0.476. The van der Waals surface area contributed by atoms with Crippen molar-refractivity contribution in [2.45, 2.75) is 89.3 Å². The highest BCUT2D eigenvalue weighted by Crippen LogP contribution is 2.36. The van der Waals surface area contributed by atoms with Crippen molar-refractivity contribution < 1.29 is 0 Å². The SMILES string of the molecule is NC1CCC(CC2CCC(N(CCCc3ccccc3)Cc3ccncc3)CC2)CC1. The normalized spacial score (nSPS) is 26.8. The molecular weight excluding hydrogens is 378 g/mol. The van der Waals surface area contributed by atoms with Crippen LogP contribution in [0.2, 0.25) is 0 Å². The first-order valence-corrected chi connectivity index (χ1v) is 12.7. The van der Waals surface area contributed by atoms with Gasteiger partial charge in [-0.15, -0.1) is 0 Å². The van der Waals surface area contributed by atoms with Crippen LogP contribution in [0.15, 0.2) is 54.9 Å². The largest absolute Gasteiger partial charge is 0.328 e. The molecular formula is C28H41N3. The number of pyridine rings is 1. The zero-order chi connectivity index (χ0) is 21.3. The van der Waals surface area contributed by atoms with Crippen molar-refractivity contribution in [2.24, 2.45) is 17.6 Å². The van der Waals surface area contributed by atoms with Crippen LogP contribution in [0.1, 0.15) is 75.3 Å². The summed E-state index contributed by atoms with van der Waals surface area (Å²) in [7, 11) is 0. The Morgan fingerprint density at radius 3 is 2.10 bits per heavy atom. The molecule has 2 saturated carbocycles. The van der Waals surface area contributed by atoms with Crippen LogP contribution in [0, 0.1) is 11.8 Å². The van der Waals surface area contributed by atoms with Crippen molar-refractivity contribution in [2.75, 3.05) is 6.54 Å². The molecule has 0 saturated heterocycles. The minimum Gasteiger partial charge on any atom is -0.328 e. The molecule has 0 unspecified atom stereocenters. The summed E-state index contributed by atoms with van der Waals surface area (Å²) in [5.74, 6) is 1.89. The molecule has 3 heteroatoms. The van der Waals surface area contributed by atoms with Crippen molar-refractivity contribution in [1.29, 1.82) is 0 Å². The fourth-order valence-electron chi connectivity index (χ4n) is 5.89. The van der Waals surface area contributed by atoms with Crippen molar-refractivity contribution in [3.8, 4) is 0 Å². The molecule has 2 aromatic rings. The Balaban J connectivity index is 1.28.